The van der Waals surface area contributed by atoms with Crippen molar-refractivity contribution in [2.75, 3.05) is 57.9 Å². The number of aliphatic hydroxyl groups excluding tert-OH is 1. The molecule has 3 aromatic rings. The number of hydrogen-bond donors (Lipinski definition) is 8. The quantitative estimate of drug-likeness (QED) is 0.0238. The van der Waals surface area contributed by atoms with Crippen LogP contribution in [0.15, 0.2) is 48.6 Å². The first-order valence-electron chi connectivity index (χ1n) is 27.7. The molecule has 4 aliphatic heterocycles. The van der Waals surface area contributed by atoms with E-state index in [0.29, 0.717) is 71.2 Å². The molecule has 428 valence electrons. The lowest BCUT2D eigenvalue weighted by molar-refractivity contribution is -0.219. The van der Waals surface area contributed by atoms with Crippen LogP contribution >= 0.6 is 21.6 Å². The number of nitrogens with one attached hydrogen (secondary N) is 3. The van der Waals surface area contributed by atoms with E-state index < -0.39 is 99.8 Å². The summed E-state index contributed by atoms with van der Waals surface area (Å²) in [5.41, 5.74) is 3.79. The SMILES string of the molecule is CCC(=O)C[C@@H](CC(=O)C[C@@H](CSSCCOC(=O)NNC(=O)[C@]1(O)C2Cc3cc(C)c([C@@]4(C(=O)OC)CC5CN(CCc6c4[nH]c4ccccc64)C[C@](O)(CC)C5)cc3C23CCN2CC=C[C@](CC)(C23)[C@H]1O)C(=O)O)C(=O)O. The second-order valence-electron chi connectivity index (χ2n) is 23.1. The Bertz CT molecular complexity index is 2930. The van der Waals surface area contributed by atoms with Crippen LogP contribution in [-0.2, 0) is 61.9 Å². The zero-order valence-electron chi connectivity index (χ0n) is 45.6. The summed E-state index contributed by atoms with van der Waals surface area (Å²) in [6, 6.07) is 11.9. The molecule has 9 rings (SSSR count). The molecule has 3 fully saturated rings. The molecule has 19 nitrogen and oxygen atoms in total. The molecule has 2 aliphatic carbocycles. The van der Waals surface area contributed by atoms with Crippen LogP contribution in [0.4, 0.5) is 4.79 Å². The van der Waals surface area contributed by atoms with Gasteiger partial charge in [-0.25, -0.2) is 10.2 Å². The zero-order valence-corrected chi connectivity index (χ0v) is 47.3. The molecule has 2 aromatic carbocycles. The van der Waals surface area contributed by atoms with Crippen LogP contribution in [0.25, 0.3) is 10.9 Å². The van der Waals surface area contributed by atoms with Crippen LogP contribution in [-0.4, -0.2) is 163 Å². The normalized spacial score (nSPS) is 31.2. The van der Waals surface area contributed by atoms with E-state index in [2.05, 4.69) is 43.8 Å². The molecular formula is C58H75N5O14S2. The molecule has 12 atom stereocenters. The number of amides is 2. The fourth-order valence-electron chi connectivity index (χ4n) is 15.2. The number of benzene rings is 2. The molecular weight excluding hydrogens is 1050 g/mol. The Morgan fingerprint density at radius 1 is 0.899 bits per heavy atom. The molecule has 0 radical (unpaired) electrons. The summed E-state index contributed by atoms with van der Waals surface area (Å²) in [5.74, 6) is -8.06. The van der Waals surface area contributed by atoms with Gasteiger partial charge in [-0.15, -0.1) is 0 Å². The predicted molar refractivity (Wildman–Crippen MR) is 296 cm³/mol. The van der Waals surface area contributed by atoms with Gasteiger partial charge in [0.2, 0.25) is 0 Å². The van der Waals surface area contributed by atoms with E-state index in [4.69, 9.17) is 9.47 Å². The molecule has 1 aromatic heterocycles. The maximum Gasteiger partial charge on any atom is 0.426 e. The molecule has 21 heteroatoms. The molecule has 2 amide bonds. The number of hydrogen-bond acceptors (Lipinski definition) is 16. The first-order chi connectivity index (χ1) is 37.7. The Hall–Kier alpha value is -5.29. The van der Waals surface area contributed by atoms with Gasteiger partial charge in [0, 0.05) is 103 Å². The van der Waals surface area contributed by atoms with E-state index in [-0.39, 0.29) is 55.1 Å². The molecule has 8 N–H and O–H groups in total. The lowest BCUT2D eigenvalue weighted by atomic mass is 9.46. The number of carbonyl (C=O) groups is 7. The van der Waals surface area contributed by atoms with E-state index in [0.717, 1.165) is 55.2 Å². The van der Waals surface area contributed by atoms with Gasteiger partial charge < -0.3 is 40.0 Å². The van der Waals surface area contributed by atoms with E-state index in [1.165, 1.54) is 17.9 Å². The summed E-state index contributed by atoms with van der Waals surface area (Å²) in [6.45, 7) is 10.5. The van der Waals surface area contributed by atoms with Gasteiger partial charge in [-0.1, -0.05) is 84.8 Å². The first kappa shape index (κ1) is 58.4. The van der Waals surface area contributed by atoms with Gasteiger partial charge in [-0.3, -0.25) is 44.0 Å². The number of H-pyrrole nitrogens is 1. The number of carbonyl (C=O) groups excluding carboxylic acids is 5. The maximum absolute atomic E-state index is 15.4. The number of methoxy groups -OCH3 is 1. The number of aromatic amines is 1. The van der Waals surface area contributed by atoms with Gasteiger partial charge in [0.25, 0.3) is 5.91 Å². The Morgan fingerprint density at radius 2 is 1.63 bits per heavy atom. The van der Waals surface area contributed by atoms with E-state index in [1.807, 2.05) is 51.1 Å². The Labute approximate surface area is 467 Å². The number of aliphatic carboxylic acids is 2. The monoisotopic (exact) mass is 1130 g/mol. The largest absolute Gasteiger partial charge is 0.481 e. The Kier molecular flexibility index (Phi) is 16.9. The second kappa shape index (κ2) is 22.9. The van der Waals surface area contributed by atoms with Gasteiger partial charge in [0.15, 0.2) is 5.60 Å². The number of rotatable bonds is 20. The van der Waals surface area contributed by atoms with Crippen LogP contribution in [0, 0.1) is 36.0 Å². The summed E-state index contributed by atoms with van der Waals surface area (Å²) < 4.78 is 11.3. The summed E-state index contributed by atoms with van der Waals surface area (Å²) in [7, 11) is 3.72. The highest BCUT2D eigenvalue weighted by atomic mass is 33.1. The fraction of sp³-hybridized carbons (Fsp3) is 0.603. The highest BCUT2D eigenvalue weighted by molar-refractivity contribution is 8.76. The van der Waals surface area contributed by atoms with Gasteiger partial charge in [-0.2, -0.15) is 0 Å². The average Bonchev–Trinajstić information content (AvgIpc) is 2.20. The number of hydrazine groups is 1. The average molecular weight is 1130 g/mol. The third-order valence-electron chi connectivity index (χ3n) is 18.8. The number of para-hydroxylation sites is 1. The zero-order chi connectivity index (χ0) is 56.8. The second-order valence-corrected chi connectivity index (χ2v) is 25.7. The molecule has 6 aliphatic rings. The van der Waals surface area contributed by atoms with Crippen LogP contribution in [0.2, 0.25) is 0 Å². The van der Waals surface area contributed by atoms with Crippen LogP contribution < -0.4 is 10.9 Å². The third-order valence-corrected chi connectivity index (χ3v) is 21.2. The molecule has 79 heavy (non-hydrogen) atoms. The van der Waals surface area contributed by atoms with E-state index >= 15 is 4.79 Å². The van der Waals surface area contributed by atoms with E-state index in [9.17, 15) is 54.3 Å². The number of aryl methyl sites for hydroxylation is 1. The molecule has 2 saturated heterocycles. The lowest BCUT2D eigenvalue weighted by Gasteiger charge is -2.63. The van der Waals surface area contributed by atoms with Crippen molar-refractivity contribution in [2.45, 2.75) is 133 Å². The predicted octanol–water partition coefficient (Wildman–Crippen LogP) is 5.16. The molecule has 2 bridgehead atoms. The number of ether oxygens (including phenoxy) is 2. The highest BCUT2D eigenvalue weighted by Gasteiger charge is 2.77. The summed E-state index contributed by atoms with van der Waals surface area (Å²) in [5, 5.41) is 58.5. The van der Waals surface area contributed by atoms with Gasteiger partial charge in [0.1, 0.15) is 29.7 Å². The van der Waals surface area contributed by atoms with Crippen molar-refractivity contribution >= 4 is 74.0 Å². The standard InChI is InChI=1S/C58H75N5O14S2/c1-6-38(64)23-36(47(66)67)24-39(65)25-37(48(68)69)31-79-78-21-20-77-53(73)61-60-51(71)58(75)45-26-35-22-33(4)42(27-43(35)56(45)16-19-63-17-11-15-55(8-3,49(56)63)50(58)70)57(52(72)76-5)29-34-28-54(74,7-2)32-62(30-34)18-14-41-40-12-9-10-13-44(40)59-46(41)57/h9-13,15,22,27,34,36-37,45,49-50,59,70,74-75H,6-8,14,16-21,23-26,28-32H2,1-5H3,(H,60,71)(H,61,73)(H,66,67)(H,68,69)/t34?,36-,37-,45?,49?,50+,54-,55+,56?,57-,58-/m0/s1. The van der Waals surface area contributed by atoms with Crippen molar-refractivity contribution in [1.82, 2.24) is 25.6 Å². The summed E-state index contributed by atoms with van der Waals surface area (Å²) >= 11 is 0. The third kappa shape index (κ3) is 10.2. The van der Waals surface area contributed by atoms with Gasteiger partial charge in [-0.05, 0) is 98.2 Å². The minimum Gasteiger partial charge on any atom is -0.481 e. The van der Waals surface area contributed by atoms with Crippen molar-refractivity contribution in [3.05, 3.63) is 82.1 Å². The number of carboxylic acids is 2. The number of carboxylic acid groups (broad SMARTS) is 2. The topological polar surface area (TPSA) is 285 Å². The first-order valence-corrected chi connectivity index (χ1v) is 30.2. The number of esters is 1. The van der Waals surface area contributed by atoms with Crippen LogP contribution in [0.5, 0.6) is 0 Å². The van der Waals surface area contributed by atoms with Gasteiger partial charge in [0.05, 0.1) is 24.5 Å². The van der Waals surface area contributed by atoms with Crippen LogP contribution in [0.3, 0.4) is 0 Å². The summed E-state index contributed by atoms with van der Waals surface area (Å²) in [6.07, 6.45) is 3.29. The molecule has 1 saturated carbocycles. The van der Waals surface area contributed by atoms with Crippen molar-refractivity contribution in [1.29, 1.82) is 0 Å². The smallest absolute Gasteiger partial charge is 0.426 e. The number of aliphatic hydroxyl groups is 3. The number of fused-ring (bicyclic) bond motifs is 6. The lowest BCUT2D eigenvalue weighted by Crippen LogP contribution is -2.78. The Morgan fingerprint density at radius 3 is 2.34 bits per heavy atom. The number of aromatic nitrogens is 1. The molecule has 5 heterocycles. The minimum absolute atomic E-state index is 0.0122. The summed E-state index contributed by atoms with van der Waals surface area (Å²) in [4.78, 5) is 100. The number of piperidine rings is 1. The highest BCUT2D eigenvalue weighted by Crippen LogP contribution is 2.68. The fourth-order valence-corrected chi connectivity index (χ4v) is 17.3. The number of ketones is 2. The van der Waals surface area contributed by atoms with Gasteiger partial charge >= 0.3 is 24.0 Å². The Balaban J connectivity index is 0.971. The maximum atomic E-state index is 15.4. The minimum atomic E-state index is -2.47. The molecule has 5 unspecified atom stereocenters. The molecule has 1 spiro atoms. The van der Waals surface area contributed by atoms with Crippen molar-refractivity contribution in [3.63, 3.8) is 0 Å². The van der Waals surface area contributed by atoms with Crippen molar-refractivity contribution in [2.24, 2.45) is 29.1 Å². The number of Topliss-reactive ketones (excluding diaryl/α,β-unsaturated/α-hetero) is 2. The number of nitrogens with zero attached hydrogens (tertiary/aromatic N) is 2. The van der Waals surface area contributed by atoms with E-state index in [1.54, 1.807) is 6.92 Å². The van der Waals surface area contributed by atoms with Crippen LogP contribution in [0.1, 0.15) is 112 Å². The van der Waals surface area contributed by atoms with Crippen molar-refractivity contribution < 1.29 is 68.6 Å². The van der Waals surface area contributed by atoms with Crippen molar-refractivity contribution in [3.8, 4) is 0 Å².